The minimum Gasteiger partial charge on any atom is -0.397 e. The SMILES string of the molecule is Nc1ccc(NC2CC3CCC2C3)nc1. The van der Waals surface area contributed by atoms with Gasteiger partial charge in [0.2, 0.25) is 0 Å². The van der Waals surface area contributed by atoms with Gasteiger partial charge in [-0.2, -0.15) is 0 Å². The molecule has 0 amide bonds. The van der Waals surface area contributed by atoms with Crippen LogP contribution in [0.4, 0.5) is 11.5 Å². The van der Waals surface area contributed by atoms with Crippen molar-refractivity contribution in [3.63, 3.8) is 0 Å². The van der Waals surface area contributed by atoms with Crippen LogP contribution in [0.3, 0.4) is 0 Å². The molecule has 2 aliphatic carbocycles. The lowest BCUT2D eigenvalue weighted by atomic mass is 9.95. The second-order valence-corrected chi connectivity index (χ2v) is 4.90. The molecule has 1 heterocycles. The molecule has 3 heteroatoms. The predicted octanol–water partition coefficient (Wildman–Crippen LogP) is 2.26. The molecule has 80 valence electrons. The molecule has 0 aliphatic heterocycles. The summed E-state index contributed by atoms with van der Waals surface area (Å²) in [4.78, 5) is 4.29. The lowest BCUT2D eigenvalue weighted by molar-refractivity contribution is 0.439. The molecule has 0 spiro atoms. The fourth-order valence-electron chi connectivity index (χ4n) is 3.10. The van der Waals surface area contributed by atoms with E-state index < -0.39 is 0 Å². The van der Waals surface area contributed by atoms with Crippen molar-refractivity contribution in [1.82, 2.24) is 4.98 Å². The third-order valence-electron chi connectivity index (χ3n) is 3.86. The molecule has 2 fully saturated rings. The molecule has 3 rings (SSSR count). The number of fused-ring (bicyclic) bond motifs is 2. The minimum atomic E-state index is 0.653. The van der Waals surface area contributed by atoms with Crippen LogP contribution < -0.4 is 11.1 Å². The standard InChI is InChI=1S/C12H17N3/c13-10-3-4-12(14-7-10)15-11-6-8-1-2-9(11)5-8/h3-4,7-9,11H,1-2,5-6,13H2,(H,14,15). The van der Waals surface area contributed by atoms with Crippen LogP contribution in [0.5, 0.6) is 0 Å². The van der Waals surface area contributed by atoms with Crippen molar-refractivity contribution in [2.45, 2.75) is 31.7 Å². The summed E-state index contributed by atoms with van der Waals surface area (Å²) in [6.07, 6.45) is 7.31. The maximum Gasteiger partial charge on any atom is 0.126 e. The summed E-state index contributed by atoms with van der Waals surface area (Å²) in [7, 11) is 0. The first-order valence-corrected chi connectivity index (χ1v) is 5.79. The van der Waals surface area contributed by atoms with E-state index >= 15 is 0 Å². The summed E-state index contributed by atoms with van der Waals surface area (Å²) in [5.41, 5.74) is 6.34. The van der Waals surface area contributed by atoms with Gasteiger partial charge >= 0.3 is 0 Å². The molecule has 15 heavy (non-hydrogen) atoms. The minimum absolute atomic E-state index is 0.653. The number of rotatable bonds is 2. The van der Waals surface area contributed by atoms with Crippen molar-refractivity contribution in [1.29, 1.82) is 0 Å². The van der Waals surface area contributed by atoms with Crippen LogP contribution in [-0.4, -0.2) is 11.0 Å². The highest BCUT2D eigenvalue weighted by Gasteiger charge is 2.39. The smallest absolute Gasteiger partial charge is 0.126 e. The van der Waals surface area contributed by atoms with Gasteiger partial charge in [-0.1, -0.05) is 6.42 Å². The Kier molecular flexibility index (Phi) is 2.04. The van der Waals surface area contributed by atoms with Gasteiger partial charge in [-0.3, -0.25) is 0 Å². The number of hydrogen-bond donors (Lipinski definition) is 2. The van der Waals surface area contributed by atoms with Crippen molar-refractivity contribution in [3.05, 3.63) is 18.3 Å². The summed E-state index contributed by atoms with van der Waals surface area (Å²) in [5.74, 6) is 2.83. The van der Waals surface area contributed by atoms with Crippen LogP contribution >= 0.6 is 0 Å². The average Bonchev–Trinajstić information content (AvgIpc) is 2.83. The van der Waals surface area contributed by atoms with Crippen molar-refractivity contribution in [2.24, 2.45) is 11.8 Å². The molecule has 1 aromatic rings. The Labute approximate surface area is 90.1 Å². The van der Waals surface area contributed by atoms with Crippen molar-refractivity contribution in [3.8, 4) is 0 Å². The van der Waals surface area contributed by atoms with E-state index in [0.29, 0.717) is 6.04 Å². The van der Waals surface area contributed by atoms with E-state index in [-0.39, 0.29) is 0 Å². The lowest BCUT2D eigenvalue weighted by Gasteiger charge is -2.23. The van der Waals surface area contributed by atoms with E-state index in [0.717, 1.165) is 23.3 Å². The van der Waals surface area contributed by atoms with E-state index in [9.17, 15) is 0 Å². The molecule has 2 bridgehead atoms. The number of nitrogens with two attached hydrogens (primary N) is 1. The highest BCUT2D eigenvalue weighted by Crippen LogP contribution is 2.45. The van der Waals surface area contributed by atoms with Gasteiger partial charge in [0, 0.05) is 6.04 Å². The number of nitrogens with zero attached hydrogens (tertiary/aromatic N) is 1. The zero-order valence-corrected chi connectivity index (χ0v) is 8.82. The maximum absolute atomic E-state index is 5.61. The van der Waals surface area contributed by atoms with Gasteiger partial charge in [0.15, 0.2) is 0 Å². The molecule has 0 saturated heterocycles. The zero-order chi connectivity index (χ0) is 10.3. The molecule has 2 aliphatic rings. The maximum atomic E-state index is 5.61. The van der Waals surface area contributed by atoms with Gasteiger partial charge in [0.1, 0.15) is 5.82 Å². The molecule has 1 aromatic heterocycles. The van der Waals surface area contributed by atoms with Crippen LogP contribution in [0, 0.1) is 11.8 Å². The van der Waals surface area contributed by atoms with Gasteiger partial charge in [-0.25, -0.2) is 4.98 Å². The predicted molar refractivity (Wildman–Crippen MR) is 61.5 cm³/mol. The second-order valence-electron chi connectivity index (χ2n) is 4.90. The Bertz CT molecular complexity index is 346. The van der Waals surface area contributed by atoms with Crippen molar-refractivity contribution in [2.75, 3.05) is 11.1 Å². The first-order valence-electron chi connectivity index (χ1n) is 5.79. The fourth-order valence-corrected chi connectivity index (χ4v) is 3.10. The average molecular weight is 203 g/mol. The van der Waals surface area contributed by atoms with E-state index in [4.69, 9.17) is 5.73 Å². The molecular formula is C12H17N3. The van der Waals surface area contributed by atoms with Crippen LogP contribution in [0.25, 0.3) is 0 Å². The molecule has 0 aromatic carbocycles. The van der Waals surface area contributed by atoms with Crippen LogP contribution in [0.2, 0.25) is 0 Å². The molecule has 3 nitrogen and oxygen atoms in total. The monoisotopic (exact) mass is 203 g/mol. The van der Waals surface area contributed by atoms with Crippen LogP contribution in [0.1, 0.15) is 25.7 Å². The Morgan fingerprint density at radius 2 is 2.20 bits per heavy atom. The van der Waals surface area contributed by atoms with E-state index in [1.165, 1.54) is 25.7 Å². The number of anilines is 2. The van der Waals surface area contributed by atoms with Crippen LogP contribution in [-0.2, 0) is 0 Å². The van der Waals surface area contributed by atoms with Crippen molar-refractivity contribution < 1.29 is 0 Å². The highest BCUT2D eigenvalue weighted by atomic mass is 15.0. The quantitative estimate of drug-likeness (QED) is 0.775. The largest absolute Gasteiger partial charge is 0.397 e. The third kappa shape index (κ3) is 1.66. The molecule has 3 N–H and O–H groups in total. The molecule has 3 unspecified atom stereocenters. The van der Waals surface area contributed by atoms with Crippen LogP contribution in [0.15, 0.2) is 18.3 Å². The van der Waals surface area contributed by atoms with Gasteiger partial charge in [-0.05, 0) is 43.2 Å². The number of aromatic nitrogens is 1. The van der Waals surface area contributed by atoms with Gasteiger partial charge in [0.05, 0.1) is 11.9 Å². The fraction of sp³-hybridized carbons (Fsp3) is 0.583. The Morgan fingerprint density at radius 1 is 1.27 bits per heavy atom. The first kappa shape index (κ1) is 9.01. The Balaban J connectivity index is 1.68. The van der Waals surface area contributed by atoms with Gasteiger partial charge in [0.25, 0.3) is 0 Å². The van der Waals surface area contributed by atoms with Gasteiger partial charge < -0.3 is 11.1 Å². The number of hydrogen-bond acceptors (Lipinski definition) is 3. The Hall–Kier alpha value is -1.25. The van der Waals surface area contributed by atoms with E-state index in [1.54, 1.807) is 6.20 Å². The number of nitrogen functional groups attached to an aromatic ring is 1. The number of pyridine rings is 1. The Morgan fingerprint density at radius 3 is 2.80 bits per heavy atom. The summed E-state index contributed by atoms with van der Waals surface area (Å²) >= 11 is 0. The molecule has 0 radical (unpaired) electrons. The van der Waals surface area contributed by atoms with Gasteiger partial charge in [-0.15, -0.1) is 0 Å². The normalized spacial score (nSPS) is 33.2. The van der Waals surface area contributed by atoms with Crippen molar-refractivity contribution >= 4 is 11.5 Å². The summed E-state index contributed by atoms with van der Waals surface area (Å²) in [6.45, 7) is 0. The van der Waals surface area contributed by atoms with E-state index in [2.05, 4.69) is 10.3 Å². The summed E-state index contributed by atoms with van der Waals surface area (Å²) in [5, 5.41) is 3.53. The zero-order valence-electron chi connectivity index (χ0n) is 8.82. The molecular weight excluding hydrogens is 186 g/mol. The number of nitrogens with one attached hydrogen (secondary N) is 1. The third-order valence-corrected chi connectivity index (χ3v) is 3.86. The summed E-state index contributed by atoms with van der Waals surface area (Å²) < 4.78 is 0. The van der Waals surface area contributed by atoms with E-state index in [1.807, 2.05) is 12.1 Å². The lowest BCUT2D eigenvalue weighted by Crippen LogP contribution is -2.26. The first-order chi connectivity index (χ1) is 7.31. The highest BCUT2D eigenvalue weighted by molar-refractivity contribution is 5.44. The molecule has 2 saturated carbocycles. The summed E-state index contributed by atoms with van der Waals surface area (Å²) in [6, 6.07) is 4.53. The second kappa shape index (κ2) is 3.40. The molecule has 3 atom stereocenters. The topological polar surface area (TPSA) is 50.9 Å².